The molecule has 0 saturated carbocycles. The molecule has 0 fully saturated rings. The zero-order valence-electron chi connectivity index (χ0n) is 20.9. The second kappa shape index (κ2) is 10.7. The molecule has 0 aliphatic heterocycles. The molecule has 3 aromatic carbocycles. The summed E-state index contributed by atoms with van der Waals surface area (Å²) in [5, 5.41) is 8.65. The minimum atomic E-state index is -4.74. The maximum atomic E-state index is 12.5. The van der Waals surface area contributed by atoms with Crippen LogP contribution < -0.4 is 15.5 Å². The van der Waals surface area contributed by atoms with Crippen molar-refractivity contribution < 1.29 is 17.9 Å². The van der Waals surface area contributed by atoms with Crippen LogP contribution >= 0.6 is 12.2 Å². The number of rotatable bonds is 6. The third-order valence-corrected chi connectivity index (χ3v) is 6.14. The van der Waals surface area contributed by atoms with Crippen LogP contribution in [0.2, 0.25) is 0 Å². The highest BCUT2D eigenvalue weighted by atomic mass is 32.1. The van der Waals surface area contributed by atoms with Gasteiger partial charge in [0.2, 0.25) is 0 Å². The number of aromatic nitrogens is 3. The summed E-state index contributed by atoms with van der Waals surface area (Å²) in [6, 6.07) is 19.3. The van der Waals surface area contributed by atoms with Crippen LogP contribution in [-0.2, 0) is 0 Å². The molecule has 0 aliphatic carbocycles. The van der Waals surface area contributed by atoms with Gasteiger partial charge in [-0.25, -0.2) is 4.98 Å². The van der Waals surface area contributed by atoms with Crippen LogP contribution in [0.25, 0.3) is 27.6 Å². The standard InChI is InChI=1S/C28H23F3N6OS/c1-17(2)22-5-3-4-6-23(22)35-27(39)36-34-15-18-13-19-7-12-24-26(25(19)32-14-18)33-16-37(24)20-8-10-21(11-9-20)38-28(29,30)31/h3-17H,1-2H3,(H2,35,36,39)/b34-15+. The number of nitrogens with zero attached hydrogens (tertiary/aromatic N) is 4. The minimum absolute atomic E-state index is 0.289. The molecular weight excluding hydrogens is 525 g/mol. The van der Waals surface area contributed by atoms with Gasteiger partial charge in [0.15, 0.2) is 5.11 Å². The van der Waals surface area contributed by atoms with E-state index in [1.807, 2.05) is 36.4 Å². The van der Waals surface area contributed by atoms with Crippen LogP contribution in [-0.4, -0.2) is 32.2 Å². The van der Waals surface area contributed by atoms with E-state index in [9.17, 15) is 13.2 Å². The highest BCUT2D eigenvalue weighted by Crippen LogP contribution is 2.28. The zero-order valence-corrected chi connectivity index (χ0v) is 21.7. The van der Waals surface area contributed by atoms with Crippen molar-refractivity contribution >= 4 is 51.2 Å². The van der Waals surface area contributed by atoms with Crippen molar-refractivity contribution in [3.05, 3.63) is 90.4 Å². The largest absolute Gasteiger partial charge is 0.573 e. The highest BCUT2D eigenvalue weighted by Gasteiger charge is 2.31. The van der Waals surface area contributed by atoms with Crippen molar-refractivity contribution in [2.45, 2.75) is 26.1 Å². The van der Waals surface area contributed by atoms with Crippen molar-refractivity contribution in [1.82, 2.24) is 20.0 Å². The molecule has 5 rings (SSSR count). The minimum Gasteiger partial charge on any atom is -0.406 e. The topological polar surface area (TPSA) is 76.4 Å². The number of thiocarbonyl (C=S) groups is 1. The number of halogens is 3. The molecule has 0 atom stereocenters. The number of hydrogen-bond acceptors (Lipinski definition) is 5. The van der Waals surface area contributed by atoms with Crippen LogP contribution in [0.15, 0.2) is 84.4 Å². The average Bonchev–Trinajstić information content (AvgIpc) is 3.33. The van der Waals surface area contributed by atoms with Crippen LogP contribution in [0, 0.1) is 0 Å². The number of nitrogens with one attached hydrogen (secondary N) is 2. The van der Waals surface area contributed by atoms with Gasteiger partial charge >= 0.3 is 6.36 Å². The van der Waals surface area contributed by atoms with Crippen molar-refractivity contribution in [3.8, 4) is 11.4 Å². The summed E-state index contributed by atoms with van der Waals surface area (Å²) in [7, 11) is 0. The lowest BCUT2D eigenvalue weighted by Crippen LogP contribution is -2.24. The van der Waals surface area contributed by atoms with E-state index in [0.29, 0.717) is 27.8 Å². The lowest BCUT2D eigenvalue weighted by Gasteiger charge is -2.14. The van der Waals surface area contributed by atoms with Crippen LogP contribution in [0.1, 0.15) is 30.9 Å². The Morgan fingerprint density at radius 3 is 2.54 bits per heavy atom. The van der Waals surface area contributed by atoms with E-state index in [-0.39, 0.29) is 5.75 Å². The number of alkyl halides is 3. The molecule has 7 nitrogen and oxygen atoms in total. The van der Waals surface area contributed by atoms with Crippen molar-refractivity contribution in [3.63, 3.8) is 0 Å². The zero-order chi connectivity index (χ0) is 27.6. The molecule has 2 heterocycles. The Kier molecular flexibility index (Phi) is 7.16. The van der Waals surface area contributed by atoms with E-state index in [1.54, 1.807) is 23.3 Å². The Bertz CT molecular complexity index is 1680. The first-order valence-electron chi connectivity index (χ1n) is 12.0. The van der Waals surface area contributed by atoms with E-state index in [0.717, 1.165) is 27.7 Å². The third kappa shape index (κ3) is 5.99. The fraction of sp³-hybridized carbons (Fsp3) is 0.143. The first-order valence-corrected chi connectivity index (χ1v) is 12.4. The van der Waals surface area contributed by atoms with Gasteiger partial charge in [0, 0.05) is 28.5 Å². The summed E-state index contributed by atoms with van der Waals surface area (Å²) < 4.78 is 43.1. The summed E-state index contributed by atoms with van der Waals surface area (Å²) in [5.74, 6) is 0.0587. The van der Waals surface area contributed by atoms with Gasteiger partial charge in [0.05, 0.1) is 17.2 Å². The summed E-state index contributed by atoms with van der Waals surface area (Å²) >= 11 is 5.38. The molecule has 11 heteroatoms. The number of hydrogen-bond donors (Lipinski definition) is 2. The van der Waals surface area contributed by atoms with Crippen molar-refractivity contribution in [1.29, 1.82) is 0 Å². The first kappa shape index (κ1) is 26.1. The molecule has 0 unspecified atom stereocenters. The van der Waals surface area contributed by atoms with Gasteiger partial charge in [0.1, 0.15) is 17.6 Å². The van der Waals surface area contributed by atoms with E-state index in [1.165, 1.54) is 24.3 Å². The number of hydrazone groups is 1. The predicted octanol–water partition coefficient (Wildman–Crippen LogP) is 6.92. The molecule has 0 spiro atoms. The number of pyridine rings is 1. The average molecular weight is 549 g/mol. The Balaban J connectivity index is 1.31. The molecule has 0 amide bonds. The monoisotopic (exact) mass is 548 g/mol. The predicted molar refractivity (Wildman–Crippen MR) is 151 cm³/mol. The van der Waals surface area contributed by atoms with Gasteiger partial charge < -0.3 is 10.1 Å². The Morgan fingerprint density at radius 1 is 1.03 bits per heavy atom. The van der Waals surface area contributed by atoms with E-state index in [2.05, 4.69) is 50.5 Å². The molecule has 0 aliphatic rings. The molecule has 39 heavy (non-hydrogen) atoms. The number of imidazole rings is 1. The second-order valence-electron chi connectivity index (χ2n) is 9.00. The molecular formula is C28H23F3N6OS. The summed E-state index contributed by atoms with van der Waals surface area (Å²) in [6.45, 7) is 4.24. The van der Waals surface area contributed by atoms with Gasteiger partial charge in [-0.05, 0) is 66.2 Å². The Morgan fingerprint density at radius 2 is 1.79 bits per heavy atom. The van der Waals surface area contributed by atoms with E-state index in [4.69, 9.17) is 12.2 Å². The lowest BCUT2D eigenvalue weighted by atomic mass is 10.0. The fourth-order valence-electron chi connectivity index (χ4n) is 4.21. The summed E-state index contributed by atoms with van der Waals surface area (Å²) in [6.07, 6.45) is 0.175. The van der Waals surface area contributed by atoms with Crippen molar-refractivity contribution in [2.75, 3.05) is 5.32 Å². The van der Waals surface area contributed by atoms with Gasteiger partial charge in [-0.15, -0.1) is 13.2 Å². The lowest BCUT2D eigenvalue weighted by molar-refractivity contribution is -0.274. The molecule has 0 saturated heterocycles. The number of fused-ring (bicyclic) bond motifs is 3. The molecule has 0 radical (unpaired) electrons. The van der Waals surface area contributed by atoms with E-state index >= 15 is 0 Å². The second-order valence-corrected chi connectivity index (χ2v) is 9.40. The maximum Gasteiger partial charge on any atom is 0.573 e. The van der Waals surface area contributed by atoms with Crippen LogP contribution in [0.3, 0.4) is 0 Å². The molecule has 5 aromatic rings. The maximum absolute atomic E-state index is 12.5. The smallest absolute Gasteiger partial charge is 0.406 e. The van der Waals surface area contributed by atoms with Gasteiger partial charge in [-0.1, -0.05) is 38.1 Å². The van der Waals surface area contributed by atoms with Gasteiger partial charge in [-0.3, -0.25) is 15.0 Å². The summed E-state index contributed by atoms with van der Waals surface area (Å²) in [5.41, 5.74) is 8.45. The fourth-order valence-corrected chi connectivity index (χ4v) is 4.37. The number of para-hydroxylation sites is 1. The Labute approximate surface area is 227 Å². The normalized spacial score (nSPS) is 11.9. The number of anilines is 1. The molecule has 2 aromatic heterocycles. The SMILES string of the molecule is CC(C)c1ccccc1NC(=S)N/N=C/c1cnc2c(ccc3c2ncn3-c2ccc(OC(F)(F)F)cc2)c1. The third-order valence-electron chi connectivity index (χ3n) is 5.95. The first-order chi connectivity index (χ1) is 18.7. The quantitative estimate of drug-likeness (QED) is 0.136. The highest BCUT2D eigenvalue weighted by molar-refractivity contribution is 7.80. The van der Waals surface area contributed by atoms with Crippen molar-refractivity contribution in [2.24, 2.45) is 5.10 Å². The number of ether oxygens (including phenoxy) is 1. The molecule has 2 N–H and O–H groups in total. The number of benzene rings is 3. The van der Waals surface area contributed by atoms with E-state index < -0.39 is 6.36 Å². The summed E-state index contributed by atoms with van der Waals surface area (Å²) in [4.78, 5) is 9.08. The molecule has 198 valence electrons. The van der Waals surface area contributed by atoms with Gasteiger partial charge in [0.25, 0.3) is 0 Å². The van der Waals surface area contributed by atoms with Gasteiger partial charge in [-0.2, -0.15) is 5.10 Å². The van der Waals surface area contributed by atoms with Crippen LogP contribution in [0.4, 0.5) is 18.9 Å². The van der Waals surface area contributed by atoms with Crippen LogP contribution in [0.5, 0.6) is 5.75 Å². The Hall–Kier alpha value is -4.51. The molecule has 0 bridgehead atoms.